The number of carbonyl (C=O) groups excluding carboxylic acids is 3. The Morgan fingerprint density at radius 2 is 1.64 bits per heavy atom. The van der Waals surface area contributed by atoms with Gasteiger partial charge in [-0.05, 0) is 49.2 Å². The van der Waals surface area contributed by atoms with Crippen LogP contribution in [-0.2, 0) is 17.8 Å². The summed E-state index contributed by atoms with van der Waals surface area (Å²) in [5.74, 6) is -4.30. The van der Waals surface area contributed by atoms with Gasteiger partial charge in [0.25, 0.3) is 5.91 Å². The van der Waals surface area contributed by atoms with Crippen LogP contribution in [0.25, 0.3) is 0 Å². The van der Waals surface area contributed by atoms with Crippen LogP contribution in [0.1, 0.15) is 63.2 Å². The normalized spacial score (nSPS) is 18.3. The second kappa shape index (κ2) is 13.1. The molecule has 3 aromatic rings. The average molecular weight is 650 g/mol. The first-order valence-electron chi connectivity index (χ1n) is 15.4. The minimum absolute atomic E-state index is 0.0399. The highest BCUT2D eigenvalue weighted by Crippen LogP contribution is 2.35. The average Bonchev–Trinajstić information content (AvgIpc) is 3.36. The SMILES string of the molecule is N#Cc1cc(F)c(CN2CCC3(CC2)CN(Cc2ccc(C(=O)N4CCC(C(=O)c5ccc(F)cc5F)CC4)cn2)C(=O)O3)c(F)c1. The van der Waals surface area contributed by atoms with Crippen molar-refractivity contribution in [2.45, 2.75) is 44.4 Å². The highest BCUT2D eigenvalue weighted by molar-refractivity contribution is 5.98. The van der Waals surface area contributed by atoms with E-state index in [1.807, 2.05) is 4.90 Å². The minimum Gasteiger partial charge on any atom is -0.441 e. The number of pyridine rings is 1. The van der Waals surface area contributed by atoms with Crippen molar-refractivity contribution >= 4 is 17.8 Å². The zero-order valence-electron chi connectivity index (χ0n) is 25.4. The molecule has 9 nitrogen and oxygen atoms in total. The lowest BCUT2D eigenvalue weighted by atomic mass is 9.88. The number of aromatic nitrogens is 1. The van der Waals surface area contributed by atoms with Gasteiger partial charge in [-0.15, -0.1) is 0 Å². The topological polar surface area (TPSA) is 107 Å². The van der Waals surface area contributed by atoms with Gasteiger partial charge in [0.1, 0.15) is 28.9 Å². The molecule has 2 aromatic carbocycles. The lowest BCUT2D eigenvalue weighted by Gasteiger charge is -2.37. The number of ether oxygens (including phenoxy) is 1. The molecule has 2 amide bonds. The Kier molecular flexibility index (Phi) is 8.96. The van der Waals surface area contributed by atoms with Crippen molar-refractivity contribution in [2.24, 2.45) is 5.92 Å². The zero-order chi connectivity index (χ0) is 33.3. The summed E-state index contributed by atoms with van der Waals surface area (Å²) in [6.07, 6.45) is 2.63. The lowest BCUT2D eigenvalue weighted by Crippen LogP contribution is -2.46. The number of nitriles is 1. The number of ketones is 1. The first kappa shape index (κ1) is 32.1. The Labute approximate surface area is 268 Å². The van der Waals surface area contributed by atoms with E-state index < -0.39 is 46.7 Å². The van der Waals surface area contributed by atoms with Crippen molar-refractivity contribution in [1.29, 1.82) is 5.26 Å². The quantitative estimate of drug-likeness (QED) is 0.255. The van der Waals surface area contributed by atoms with Gasteiger partial charge in [-0.25, -0.2) is 22.4 Å². The summed E-state index contributed by atoms with van der Waals surface area (Å²) < 4.78 is 61.9. The summed E-state index contributed by atoms with van der Waals surface area (Å²) in [5, 5.41) is 8.91. The zero-order valence-corrected chi connectivity index (χ0v) is 25.4. The van der Waals surface area contributed by atoms with Crippen LogP contribution in [-0.4, -0.2) is 75.8 Å². The second-order valence-corrected chi connectivity index (χ2v) is 12.3. The van der Waals surface area contributed by atoms with Crippen molar-refractivity contribution in [3.8, 4) is 6.07 Å². The maximum atomic E-state index is 14.4. The van der Waals surface area contributed by atoms with Crippen molar-refractivity contribution in [2.75, 3.05) is 32.7 Å². The number of Topliss-reactive ketones (excluding diaryl/α,β-unsaturated/α-hetero) is 1. The summed E-state index contributed by atoms with van der Waals surface area (Å²) in [4.78, 5) is 48.1. The van der Waals surface area contributed by atoms with Crippen molar-refractivity contribution in [1.82, 2.24) is 19.7 Å². The monoisotopic (exact) mass is 649 g/mol. The first-order chi connectivity index (χ1) is 22.5. The largest absolute Gasteiger partial charge is 0.441 e. The van der Waals surface area contributed by atoms with Crippen LogP contribution in [0.5, 0.6) is 0 Å². The fourth-order valence-electron chi connectivity index (χ4n) is 6.51. The summed E-state index contributed by atoms with van der Waals surface area (Å²) in [6.45, 7) is 2.07. The first-order valence-corrected chi connectivity index (χ1v) is 15.4. The van der Waals surface area contributed by atoms with Crippen molar-refractivity contribution in [3.05, 3.63) is 99.9 Å². The lowest BCUT2D eigenvalue weighted by molar-refractivity contribution is -0.00166. The van der Waals surface area contributed by atoms with Crippen LogP contribution in [0.2, 0.25) is 0 Å². The van der Waals surface area contributed by atoms with E-state index in [9.17, 15) is 31.9 Å². The number of likely N-dealkylation sites (tertiary alicyclic amines) is 2. The predicted octanol–water partition coefficient (Wildman–Crippen LogP) is 5.23. The number of hydrogen-bond acceptors (Lipinski definition) is 7. The van der Waals surface area contributed by atoms with Gasteiger partial charge < -0.3 is 9.64 Å². The van der Waals surface area contributed by atoms with Gasteiger partial charge in [-0.1, -0.05) is 0 Å². The van der Waals surface area contributed by atoms with Gasteiger partial charge in [0, 0.05) is 69.3 Å². The second-order valence-electron chi connectivity index (χ2n) is 12.3. The predicted molar refractivity (Wildman–Crippen MR) is 159 cm³/mol. The van der Waals surface area contributed by atoms with Gasteiger partial charge in [-0.3, -0.25) is 24.4 Å². The van der Waals surface area contributed by atoms with Gasteiger partial charge in [0.15, 0.2) is 5.78 Å². The van der Waals surface area contributed by atoms with E-state index in [1.165, 1.54) is 6.20 Å². The maximum absolute atomic E-state index is 14.4. The molecule has 3 fully saturated rings. The van der Waals surface area contributed by atoms with E-state index in [0.717, 1.165) is 24.3 Å². The summed E-state index contributed by atoms with van der Waals surface area (Å²) >= 11 is 0. The smallest absolute Gasteiger partial charge is 0.410 e. The molecule has 0 unspecified atom stereocenters. The molecule has 47 heavy (non-hydrogen) atoms. The summed E-state index contributed by atoms with van der Waals surface area (Å²) in [5.41, 5.74) is -0.138. The number of carbonyl (C=O) groups is 3. The molecule has 0 aliphatic carbocycles. The molecule has 0 radical (unpaired) electrons. The van der Waals surface area contributed by atoms with E-state index in [1.54, 1.807) is 28.0 Å². The van der Waals surface area contributed by atoms with Gasteiger partial charge in [0.05, 0.1) is 41.5 Å². The number of benzene rings is 2. The molecule has 13 heteroatoms. The Hall–Kier alpha value is -4.83. The molecule has 1 aromatic heterocycles. The third-order valence-electron chi connectivity index (χ3n) is 9.23. The van der Waals surface area contributed by atoms with E-state index in [4.69, 9.17) is 10.00 Å². The standard InChI is InChI=1S/C34H31F4N5O4/c35-24-2-4-26(30(38)15-24)31(44)22-5-9-42(10-6-22)32(45)23-1-3-25(40-17-23)18-43-20-34(47-33(43)46)7-11-41(12-8-34)19-27-28(36)13-21(16-39)14-29(27)37/h1-4,13-15,17,22H,5-12,18-20H2. The third-order valence-corrected chi connectivity index (χ3v) is 9.23. The Bertz CT molecular complexity index is 1720. The molecule has 0 bridgehead atoms. The number of piperidine rings is 2. The molecule has 1 spiro atoms. The highest BCUT2D eigenvalue weighted by atomic mass is 19.1. The molecule has 4 heterocycles. The molecular formula is C34H31F4N5O4. The van der Waals surface area contributed by atoms with Gasteiger partial charge in [-0.2, -0.15) is 5.26 Å². The summed E-state index contributed by atoms with van der Waals surface area (Å²) in [7, 11) is 0. The molecular weight excluding hydrogens is 618 g/mol. The van der Waals surface area contributed by atoms with E-state index >= 15 is 0 Å². The fourth-order valence-corrected chi connectivity index (χ4v) is 6.51. The molecule has 0 atom stereocenters. The van der Waals surface area contributed by atoms with Crippen LogP contribution < -0.4 is 0 Å². The molecule has 6 rings (SSSR count). The number of hydrogen-bond donors (Lipinski definition) is 0. The number of nitrogens with zero attached hydrogens (tertiary/aromatic N) is 5. The van der Waals surface area contributed by atoms with Crippen molar-refractivity contribution < 1.29 is 36.7 Å². The molecule has 3 aliphatic heterocycles. The van der Waals surface area contributed by atoms with Crippen LogP contribution in [0.3, 0.4) is 0 Å². The van der Waals surface area contributed by atoms with Gasteiger partial charge >= 0.3 is 6.09 Å². The van der Waals surface area contributed by atoms with E-state index in [2.05, 4.69) is 4.98 Å². The number of halogens is 4. The van der Waals surface area contributed by atoms with Crippen LogP contribution >= 0.6 is 0 Å². The highest BCUT2D eigenvalue weighted by Gasteiger charge is 2.47. The molecule has 0 saturated carbocycles. The molecule has 0 N–H and O–H groups in total. The molecule has 3 aliphatic rings. The summed E-state index contributed by atoms with van der Waals surface area (Å²) in [6, 6.07) is 9.96. The Balaban J connectivity index is 0.990. The van der Waals surface area contributed by atoms with Crippen LogP contribution in [0.15, 0.2) is 48.7 Å². The van der Waals surface area contributed by atoms with Crippen LogP contribution in [0.4, 0.5) is 22.4 Å². The molecule has 244 valence electrons. The van der Waals surface area contributed by atoms with Crippen LogP contribution in [0, 0.1) is 40.5 Å². The fraction of sp³-hybridized carbons (Fsp3) is 0.382. The van der Waals surface area contributed by atoms with Gasteiger partial charge in [0.2, 0.25) is 0 Å². The Morgan fingerprint density at radius 3 is 2.26 bits per heavy atom. The minimum atomic E-state index is -0.894. The molecule has 3 saturated heterocycles. The Morgan fingerprint density at radius 1 is 0.936 bits per heavy atom. The van der Waals surface area contributed by atoms with E-state index in [-0.39, 0.29) is 35.7 Å². The number of rotatable bonds is 7. The van der Waals surface area contributed by atoms with E-state index in [0.29, 0.717) is 75.7 Å². The third kappa shape index (κ3) is 6.83. The number of amides is 2. The maximum Gasteiger partial charge on any atom is 0.410 e. The van der Waals surface area contributed by atoms with Crippen molar-refractivity contribution in [3.63, 3.8) is 0 Å².